The molecule has 1 aliphatic heterocycles. The molecule has 0 spiro atoms. The van der Waals surface area contributed by atoms with Crippen LogP contribution in [0.1, 0.15) is 59.3 Å². The Kier molecular flexibility index (Phi) is 7.07. The number of hydrogen-bond acceptors (Lipinski definition) is 5. The van der Waals surface area contributed by atoms with Gasteiger partial charge in [-0.3, -0.25) is 4.79 Å². The van der Waals surface area contributed by atoms with Crippen LogP contribution in [0.3, 0.4) is 0 Å². The summed E-state index contributed by atoms with van der Waals surface area (Å²) in [7, 11) is 1.42. The molecule has 0 atom stereocenters. The lowest BCUT2D eigenvalue weighted by molar-refractivity contribution is -0.127. The number of ether oxygens (including phenoxy) is 1. The highest BCUT2D eigenvalue weighted by Gasteiger charge is 2.25. The maximum atomic E-state index is 12.3. The van der Waals surface area contributed by atoms with Crippen molar-refractivity contribution in [3.05, 3.63) is 16.0 Å². The maximum absolute atomic E-state index is 12.3. The zero-order valence-corrected chi connectivity index (χ0v) is 17.4. The van der Waals surface area contributed by atoms with Crippen molar-refractivity contribution in [1.82, 2.24) is 10.2 Å². The van der Waals surface area contributed by atoms with E-state index in [4.69, 9.17) is 17.0 Å². The summed E-state index contributed by atoms with van der Waals surface area (Å²) >= 11 is 7.02. The highest BCUT2D eigenvalue weighted by Crippen LogP contribution is 2.37. The molecular formula is C19H27N3O3S2. The van der Waals surface area contributed by atoms with Gasteiger partial charge in [-0.2, -0.15) is 0 Å². The number of nitrogens with one attached hydrogen (secondary N) is 2. The lowest BCUT2D eigenvalue weighted by Gasteiger charge is -2.16. The molecule has 0 bridgehead atoms. The number of hydrogen-bond donors (Lipinski definition) is 2. The summed E-state index contributed by atoms with van der Waals surface area (Å²) < 4.78 is 5.02. The van der Waals surface area contributed by atoms with E-state index in [1.54, 1.807) is 11.3 Å². The third-order valence-corrected chi connectivity index (χ3v) is 6.55. The molecule has 0 saturated carbocycles. The van der Waals surface area contributed by atoms with Gasteiger partial charge in [0, 0.05) is 30.9 Å². The summed E-state index contributed by atoms with van der Waals surface area (Å²) in [4.78, 5) is 27.1. The van der Waals surface area contributed by atoms with Gasteiger partial charge >= 0.3 is 5.97 Å². The van der Waals surface area contributed by atoms with Crippen LogP contribution in [0.4, 0.5) is 5.00 Å². The Morgan fingerprint density at radius 1 is 1.22 bits per heavy atom. The summed E-state index contributed by atoms with van der Waals surface area (Å²) in [5, 5.41) is 7.66. The van der Waals surface area contributed by atoms with Gasteiger partial charge in [-0.05, 0) is 56.3 Å². The van der Waals surface area contributed by atoms with E-state index in [1.807, 2.05) is 4.90 Å². The van der Waals surface area contributed by atoms with Crippen LogP contribution in [-0.2, 0) is 22.4 Å². The number of nitrogens with zero attached hydrogens (tertiary/aromatic N) is 1. The van der Waals surface area contributed by atoms with E-state index in [-0.39, 0.29) is 11.9 Å². The second-order valence-corrected chi connectivity index (χ2v) is 8.49. The summed E-state index contributed by atoms with van der Waals surface area (Å²) in [5.74, 6) is -0.0502. The van der Waals surface area contributed by atoms with E-state index < -0.39 is 0 Å². The number of methoxy groups -OCH3 is 1. The highest BCUT2D eigenvalue weighted by atomic mass is 32.1. The van der Waals surface area contributed by atoms with Gasteiger partial charge in [-0.1, -0.05) is 6.42 Å². The molecule has 1 saturated heterocycles. The van der Waals surface area contributed by atoms with E-state index in [0.29, 0.717) is 23.6 Å². The number of rotatable bonds is 6. The molecule has 3 rings (SSSR count). The zero-order valence-electron chi connectivity index (χ0n) is 15.8. The van der Waals surface area contributed by atoms with Gasteiger partial charge in [0.25, 0.3) is 0 Å². The molecule has 0 radical (unpaired) electrons. The molecule has 2 N–H and O–H groups in total. The smallest absolute Gasteiger partial charge is 0.341 e. The van der Waals surface area contributed by atoms with E-state index in [0.717, 1.165) is 62.2 Å². The second-order valence-electron chi connectivity index (χ2n) is 6.98. The summed E-state index contributed by atoms with van der Waals surface area (Å²) in [6.45, 7) is 2.31. The molecule has 148 valence electrons. The Morgan fingerprint density at radius 2 is 2.04 bits per heavy atom. The summed E-state index contributed by atoms with van der Waals surface area (Å²) in [5.41, 5.74) is 1.77. The Labute approximate surface area is 169 Å². The van der Waals surface area contributed by atoms with Crippen molar-refractivity contribution in [2.75, 3.05) is 32.1 Å². The van der Waals surface area contributed by atoms with Gasteiger partial charge in [-0.25, -0.2) is 4.79 Å². The maximum Gasteiger partial charge on any atom is 0.341 e. The first-order valence-electron chi connectivity index (χ1n) is 9.65. The number of thiocarbonyl (C=S) groups is 1. The fourth-order valence-corrected chi connectivity index (χ4v) is 5.26. The number of carbonyl (C=O) groups is 2. The molecule has 1 aromatic heterocycles. The van der Waals surface area contributed by atoms with Gasteiger partial charge in [0.1, 0.15) is 5.00 Å². The van der Waals surface area contributed by atoms with Crippen molar-refractivity contribution in [2.24, 2.45) is 0 Å². The lowest BCUT2D eigenvalue weighted by atomic mass is 10.1. The number of amides is 1. The van der Waals surface area contributed by atoms with Crippen LogP contribution >= 0.6 is 23.6 Å². The molecule has 2 heterocycles. The first-order chi connectivity index (χ1) is 13.1. The van der Waals surface area contributed by atoms with Crippen LogP contribution in [0.25, 0.3) is 0 Å². The minimum Gasteiger partial charge on any atom is -0.465 e. The fraction of sp³-hybridized carbons (Fsp3) is 0.632. The largest absolute Gasteiger partial charge is 0.465 e. The molecule has 6 nitrogen and oxygen atoms in total. The molecule has 2 aliphatic rings. The second kappa shape index (κ2) is 9.50. The molecule has 0 aromatic carbocycles. The van der Waals surface area contributed by atoms with Crippen LogP contribution in [0, 0.1) is 0 Å². The summed E-state index contributed by atoms with van der Waals surface area (Å²) in [6, 6.07) is 0. The van der Waals surface area contributed by atoms with E-state index in [1.165, 1.54) is 18.4 Å². The van der Waals surface area contributed by atoms with Crippen molar-refractivity contribution in [3.63, 3.8) is 0 Å². The number of likely N-dealkylation sites (tertiary alicyclic amines) is 1. The topological polar surface area (TPSA) is 70.7 Å². The van der Waals surface area contributed by atoms with Gasteiger partial charge in [0.2, 0.25) is 5.91 Å². The molecule has 1 fully saturated rings. The Hall–Kier alpha value is -1.67. The number of fused-ring (bicyclic) bond motifs is 1. The number of thiophene rings is 1. The lowest BCUT2D eigenvalue weighted by Crippen LogP contribution is -2.33. The number of carbonyl (C=O) groups excluding carboxylic acids is 2. The van der Waals surface area contributed by atoms with E-state index in [2.05, 4.69) is 10.6 Å². The quantitative estimate of drug-likeness (QED) is 0.326. The molecule has 27 heavy (non-hydrogen) atoms. The number of anilines is 1. The highest BCUT2D eigenvalue weighted by molar-refractivity contribution is 7.80. The predicted octanol–water partition coefficient (Wildman–Crippen LogP) is 3.10. The zero-order chi connectivity index (χ0) is 19.2. The monoisotopic (exact) mass is 409 g/mol. The minimum atomic E-state index is -0.299. The van der Waals surface area contributed by atoms with Gasteiger partial charge in [0.15, 0.2) is 5.11 Å². The standard InChI is InChI=1S/C19H27N3O3S2/c1-25-18(24)16-13-7-3-2-4-8-14(13)27-17(16)21-19(26)20-10-6-12-22-11-5-9-15(22)23/h2-12H2,1H3,(H2,20,21,26). The molecule has 1 amide bonds. The van der Waals surface area contributed by atoms with Crippen LogP contribution in [0.5, 0.6) is 0 Å². The first-order valence-corrected chi connectivity index (χ1v) is 10.9. The van der Waals surface area contributed by atoms with Gasteiger partial charge in [-0.15, -0.1) is 11.3 Å². The number of aryl methyl sites for hydroxylation is 1. The van der Waals surface area contributed by atoms with Gasteiger partial charge < -0.3 is 20.3 Å². The molecular weight excluding hydrogens is 382 g/mol. The summed E-state index contributed by atoms with van der Waals surface area (Å²) in [6.07, 6.45) is 7.87. The third-order valence-electron chi connectivity index (χ3n) is 5.10. The normalized spacial score (nSPS) is 16.6. The fourth-order valence-electron chi connectivity index (χ4n) is 3.71. The van der Waals surface area contributed by atoms with Crippen LogP contribution in [0.2, 0.25) is 0 Å². The average molecular weight is 410 g/mol. The molecule has 0 unspecified atom stereocenters. The third kappa shape index (κ3) is 4.99. The van der Waals surface area contributed by atoms with Crippen LogP contribution in [0.15, 0.2) is 0 Å². The van der Waals surface area contributed by atoms with Crippen molar-refractivity contribution in [3.8, 4) is 0 Å². The SMILES string of the molecule is COC(=O)c1c(NC(=S)NCCCN2CCCC2=O)sc2c1CCCCC2. The van der Waals surface area contributed by atoms with E-state index >= 15 is 0 Å². The Bertz CT molecular complexity index is 717. The Balaban J connectivity index is 1.56. The average Bonchev–Trinajstić information content (AvgIpc) is 3.13. The minimum absolute atomic E-state index is 0.249. The Morgan fingerprint density at radius 3 is 2.78 bits per heavy atom. The van der Waals surface area contributed by atoms with Crippen LogP contribution < -0.4 is 10.6 Å². The van der Waals surface area contributed by atoms with Crippen molar-refractivity contribution < 1.29 is 14.3 Å². The molecule has 1 aromatic rings. The van der Waals surface area contributed by atoms with Gasteiger partial charge in [0.05, 0.1) is 12.7 Å². The number of esters is 1. The van der Waals surface area contributed by atoms with Crippen LogP contribution in [-0.4, -0.2) is 48.6 Å². The molecule has 1 aliphatic carbocycles. The molecule has 8 heteroatoms. The van der Waals surface area contributed by atoms with E-state index in [9.17, 15) is 9.59 Å². The van der Waals surface area contributed by atoms with Crippen molar-refractivity contribution in [2.45, 2.75) is 51.4 Å². The first kappa shape index (κ1) is 20.1. The van der Waals surface area contributed by atoms with Crippen molar-refractivity contribution >= 4 is 45.5 Å². The predicted molar refractivity (Wildman–Crippen MR) is 112 cm³/mol. The van der Waals surface area contributed by atoms with Crippen molar-refractivity contribution in [1.29, 1.82) is 0 Å².